The molecule has 0 spiro atoms. The van der Waals surface area contributed by atoms with Gasteiger partial charge < -0.3 is 5.32 Å². The first-order valence-corrected chi connectivity index (χ1v) is 5.68. The average molecular weight is 195 g/mol. The number of nitrogens with one attached hydrogen (secondary N) is 1. The van der Waals surface area contributed by atoms with Crippen molar-refractivity contribution >= 4 is 0 Å². The molecular formula is C13H25N. The molecule has 0 aliphatic rings. The lowest BCUT2D eigenvalue weighted by Crippen LogP contribution is -2.14. The second-order valence-corrected chi connectivity index (χ2v) is 3.93. The summed E-state index contributed by atoms with van der Waals surface area (Å²) in [6.45, 7) is 10.7. The van der Waals surface area contributed by atoms with E-state index in [2.05, 4.69) is 44.8 Å². The second kappa shape index (κ2) is 7.66. The van der Waals surface area contributed by atoms with Crippen molar-refractivity contribution in [3.8, 4) is 0 Å². The largest absolute Gasteiger partial charge is 0.392 e. The predicted octanol–water partition coefficient (Wildman–Crippen LogP) is 3.74. The minimum absolute atomic E-state index is 0.584. The van der Waals surface area contributed by atoms with Gasteiger partial charge in [-0.1, -0.05) is 45.9 Å². The van der Waals surface area contributed by atoms with E-state index in [4.69, 9.17) is 0 Å². The van der Waals surface area contributed by atoms with E-state index < -0.39 is 0 Å². The van der Waals surface area contributed by atoms with E-state index in [-0.39, 0.29) is 0 Å². The lowest BCUT2D eigenvalue weighted by molar-refractivity contribution is 0.565. The highest BCUT2D eigenvalue weighted by Gasteiger charge is 2.06. The molecule has 0 aromatic rings. The van der Waals surface area contributed by atoms with E-state index >= 15 is 0 Å². The molecule has 0 radical (unpaired) electrons. The number of allylic oxidation sites excluding steroid dienone is 3. The Labute approximate surface area is 89.3 Å². The van der Waals surface area contributed by atoms with Crippen molar-refractivity contribution in [2.24, 2.45) is 11.8 Å². The third-order valence-electron chi connectivity index (χ3n) is 2.84. The zero-order valence-corrected chi connectivity index (χ0v) is 10.1. The zero-order chi connectivity index (χ0) is 11.0. The second-order valence-electron chi connectivity index (χ2n) is 3.93. The fourth-order valence-electron chi connectivity index (χ4n) is 1.37. The molecule has 0 aromatic carbocycles. The van der Waals surface area contributed by atoms with Crippen LogP contribution in [0.5, 0.6) is 0 Å². The Balaban J connectivity index is 3.95. The monoisotopic (exact) mass is 195 g/mol. The minimum Gasteiger partial charge on any atom is -0.392 e. The molecule has 0 heterocycles. The maximum absolute atomic E-state index is 4.02. The summed E-state index contributed by atoms with van der Waals surface area (Å²) in [5, 5.41) is 3.14. The van der Waals surface area contributed by atoms with Crippen LogP contribution in [0.15, 0.2) is 24.4 Å². The third-order valence-corrected chi connectivity index (χ3v) is 2.84. The van der Waals surface area contributed by atoms with E-state index in [0.717, 1.165) is 18.5 Å². The Hall–Kier alpha value is -0.720. The summed E-state index contributed by atoms with van der Waals surface area (Å²) < 4.78 is 0. The SMILES string of the molecule is C=C(NC)C(CC)C/C=C\C(C)CC. The van der Waals surface area contributed by atoms with Crippen molar-refractivity contribution in [3.63, 3.8) is 0 Å². The van der Waals surface area contributed by atoms with Crippen LogP contribution in [-0.2, 0) is 0 Å². The molecule has 0 saturated heterocycles. The molecule has 1 N–H and O–H groups in total. The van der Waals surface area contributed by atoms with Gasteiger partial charge in [0.2, 0.25) is 0 Å². The summed E-state index contributed by atoms with van der Waals surface area (Å²) in [5.74, 6) is 1.29. The average Bonchev–Trinajstić information content (AvgIpc) is 2.22. The van der Waals surface area contributed by atoms with Crippen molar-refractivity contribution in [2.75, 3.05) is 7.05 Å². The summed E-state index contributed by atoms with van der Waals surface area (Å²) >= 11 is 0. The molecule has 2 atom stereocenters. The molecule has 0 fully saturated rings. The van der Waals surface area contributed by atoms with E-state index in [9.17, 15) is 0 Å². The van der Waals surface area contributed by atoms with Crippen LogP contribution < -0.4 is 5.32 Å². The van der Waals surface area contributed by atoms with Crippen molar-refractivity contribution in [3.05, 3.63) is 24.4 Å². The Morgan fingerprint density at radius 1 is 1.36 bits per heavy atom. The molecule has 0 aromatic heterocycles. The lowest BCUT2D eigenvalue weighted by atomic mass is 9.97. The van der Waals surface area contributed by atoms with E-state index in [1.165, 1.54) is 6.42 Å². The van der Waals surface area contributed by atoms with Crippen LogP contribution in [0.4, 0.5) is 0 Å². The zero-order valence-electron chi connectivity index (χ0n) is 10.1. The fourth-order valence-corrected chi connectivity index (χ4v) is 1.37. The van der Waals surface area contributed by atoms with Crippen molar-refractivity contribution in [2.45, 2.75) is 40.0 Å². The summed E-state index contributed by atoms with van der Waals surface area (Å²) in [5.41, 5.74) is 1.15. The molecule has 0 amide bonds. The van der Waals surface area contributed by atoms with E-state index in [0.29, 0.717) is 11.8 Å². The summed E-state index contributed by atoms with van der Waals surface area (Å²) in [6, 6.07) is 0. The van der Waals surface area contributed by atoms with Crippen LogP contribution in [0.2, 0.25) is 0 Å². The molecule has 0 aliphatic heterocycles. The Morgan fingerprint density at radius 2 is 2.00 bits per heavy atom. The van der Waals surface area contributed by atoms with Gasteiger partial charge in [-0.25, -0.2) is 0 Å². The normalized spacial score (nSPS) is 15.4. The van der Waals surface area contributed by atoms with Gasteiger partial charge in [-0.2, -0.15) is 0 Å². The van der Waals surface area contributed by atoms with Crippen molar-refractivity contribution in [1.29, 1.82) is 0 Å². The maximum atomic E-state index is 4.02. The molecule has 1 nitrogen and oxygen atoms in total. The quantitative estimate of drug-likeness (QED) is 0.610. The van der Waals surface area contributed by atoms with Crippen LogP contribution in [0.1, 0.15) is 40.0 Å². The summed E-state index contributed by atoms with van der Waals surface area (Å²) in [7, 11) is 1.95. The number of hydrogen-bond acceptors (Lipinski definition) is 1. The minimum atomic E-state index is 0.584. The summed E-state index contributed by atoms with van der Waals surface area (Å²) in [6.07, 6.45) is 8.10. The highest BCUT2D eigenvalue weighted by atomic mass is 14.8. The number of hydrogen-bond donors (Lipinski definition) is 1. The molecule has 14 heavy (non-hydrogen) atoms. The van der Waals surface area contributed by atoms with Gasteiger partial charge in [0, 0.05) is 18.7 Å². The third kappa shape index (κ3) is 5.11. The molecule has 1 heteroatoms. The van der Waals surface area contributed by atoms with Crippen LogP contribution in [-0.4, -0.2) is 7.05 Å². The van der Waals surface area contributed by atoms with Gasteiger partial charge in [0.15, 0.2) is 0 Å². The molecule has 2 unspecified atom stereocenters. The predicted molar refractivity (Wildman–Crippen MR) is 65.2 cm³/mol. The van der Waals surface area contributed by atoms with Gasteiger partial charge in [0.05, 0.1) is 0 Å². The highest BCUT2D eigenvalue weighted by molar-refractivity contribution is 5.00. The molecular weight excluding hydrogens is 170 g/mol. The molecule has 82 valence electrons. The Kier molecular flexibility index (Phi) is 7.27. The van der Waals surface area contributed by atoms with E-state index in [1.807, 2.05) is 7.05 Å². The first kappa shape index (κ1) is 13.3. The van der Waals surface area contributed by atoms with Gasteiger partial charge >= 0.3 is 0 Å². The van der Waals surface area contributed by atoms with Gasteiger partial charge in [-0.3, -0.25) is 0 Å². The van der Waals surface area contributed by atoms with Crippen LogP contribution >= 0.6 is 0 Å². The van der Waals surface area contributed by atoms with Gasteiger partial charge in [-0.05, 0) is 18.8 Å². The standard InChI is InChI=1S/C13H25N/c1-6-11(3)9-8-10-13(7-2)12(4)14-5/h8-9,11,13-14H,4,6-7,10H2,1-3,5H3/b9-8-. The Bertz CT molecular complexity index is 182. The van der Waals surface area contributed by atoms with Crippen molar-refractivity contribution in [1.82, 2.24) is 5.32 Å². The van der Waals surface area contributed by atoms with Gasteiger partial charge in [0.1, 0.15) is 0 Å². The lowest BCUT2D eigenvalue weighted by Gasteiger charge is -2.15. The van der Waals surface area contributed by atoms with Gasteiger partial charge in [0.25, 0.3) is 0 Å². The van der Waals surface area contributed by atoms with Crippen LogP contribution in [0.3, 0.4) is 0 Å². The number of rotatable bonds is 7. The molecule has 0 aliphatic carbocycles. The smallest absolute Gasteiger partial charge is 0.00655 e. The first-order valence-electron chi connectivity index (χ1n) is 5.68. The highest BCUT2D eigenvalue weighted by Crippen LogP contribution is 2.16. The maximum Gasteiger partial charge on any atom is 0.00655 e. The first-order chi connectivity index (χ1) is 6.65. The molecule has 0 bridgehead atoms. The van der Waals surface area contributed by atoms with Crippen LogP contribution in [0.25, 0.3) is 0 Å². The molecule has 0 rings (SSSR count). The molecule has 0 saturated carbocycles. The van der Waals surface area contributed by atoms with Crippen molar-refractivity contribution < 1.29 is 0 Å². The topological polar surface area (TPSA) is 12.0 Å². The van der Waals surface area contributed by atoms with Gasteiger partial charge in [-0.15, -0.1) is 0 Å². The summed E-state index contributed by atoms with van der Waals surface area (Å²) in [4.78, 5) is 0. The van der Waals surface area contributed by atoms with E-state index in [1.54, 1.807) is 0 Å². The fraction of sp³-hybridized carbons (Fsp3) is 0.692. The Morgan fingerprint density at radius 3 is 2.43 bits per heavy atom. The van der Waals surface area contributed by atoms with Crippen LogP contribution in [0, 0.1) is 11.8 Å².